The molecule has 0 fully saturated rings. The van der Waals surface area contributed by atoms with Crippen LogP contribution in [-0.2, 0) is 7.05 Å². The Kier molecular flexibility index (Phi) is 3.40. The van der Waals surface area contributed by atoms with Crippen LogP contribution in [-0.4, -0.2) is 10.5 Å². The molecule has 1 heterocycles. The Labute approximate surface area is 128 Å². The van der Waals surface area contributed by atoms with Gasteiger partial charge in [0.15, 0.2) is 0 Å². The van der Waals surface area contributed by atoms with Gasteiger partial charge in [0.2, 0.25) is 0 Å². The number of para-hydroxylation sites is 1. The number of aromatic nitrogens is 1. The van der Waals surface area contributed by atoms with Gasteiger partial charge in [-0.2, -0.15) is 5.26 Å². The number of carbonyl (C=O) groups is 1. The van der Waals surface area contributed by atoms with Gasteiger partial charge in [0.1, 0.15) is 0 Å². The van der Waals surface area contributed by atoms with Gasteiger partial charge < -0.3 is 9.88 Å². The number of hydrogen-bond donors (Lipinski definition) is 1. The molecular formula is C18H15N3O. The van der Waals surface area contributed by atoms with Crippen molar-refractivity contribution in [3.05, 3.63) is 65.4 Å². The van der Waals surface area contributed by atoms with Crippen molar-refractivity contribution < 1.29 is 4.79 Å². The lowest BCUT2D eigenvalue weighted by atomic mass is 10.1. The third-order valence-electron chi connectivity index (χ3n) is 3.90. The van der Waals surface area contributed by atoms with E-state index in [9.17, 15) is 4.79 Å². The third kappa shape index (κ3) is 2.23. The first kappa shape index (κ1) is 13.9. The minimum Gasteiger partial charge on any atom is -0.347 e. The van der Waals surface area contributed by atoms with Gasteiger partial charge in [-0.3, -0.25) is 4.79 Å². The first-order valence-electron chi connectivity index (χ1n) is 6.97. The first-order chi connectivity index (χ1) is 10.6. The Balaban J connectivity index is 1.99. The Morgan fingerprint density at radius 3 is 2.50 bits per heavy atom. The normalized spacial score (nSPS) is 10.4. The van der Waals surface area contributed by atoms with E-state index in [2.05, 4.69) is 11.4 Å². The third-order valence-corrected chi connectivity index (χ3v) is 3.90. The van der Waals surface area contributed by atoms with Crippen LogP contribution in [0.5, 0.6) is 0 Å². The van der Waals surface area contributed by atoms with E-state index in [1.54, 1.807) is 24.3 Å². The zero-order valence-corrected chi connectivity index (χ0v) is 12.4. The van der Waals surface area contributed by atoms with E-state index in [0.717, 1.165) is 16.6 Å². The van der Waals surface area contributed by atoms with Crippen molar-refractivity contribution in [1.29, 1.82) is 5.26 Å². The molecule has 1 amide bonds. The molecule has 3 aromatic rings. The molecule has 108 valence electrons. The van der Waals surface area contributed by atoms with E-state index in [0.29, 0.717) is 16.8 Å². The summed E-state index contributed by atoms with van der Waals surface area (Å²) in [4.78, 5) is 12.6. The highest BCUT2D eigenvalue weighted by Gasteiger charge is 2.18. The van der Waals surface area contributed by atoms with Gasteiger partial charge in [0.25, 0.3) is 5.91 Å². The molecule has 3 rings (SSSR count). The summed E-state index contributed by atoms with van der Waals surface area (Å²) in [6, 6.07) is 16.7. The predicted octanol–water partition coefficient (Wildman–Crippen LogP) is 3.61. The highest BCUT2D eigenvalue weighted by atomic mass is 16.1. The molecule has 0 bridgehead atoms. The highest BCUT2D eigenvalue weighted by molar-refractivity contribution is 6.14. The SMILES string of the molecule is Cc1c(C(=O)Nc2ccc(C#N)cc2)c2ccccc2n1C. The molecule has 4 nitrogen and oxygen atoms in total. The summed E-state index contributed by atoms with van der Waals surface area (Å²) >= 11 is 0. The van der Waals surface area contributed by atoms with Crippen LogP contribution in [0.1, 0.15) is 21.6 Å². The Bertz CT molecular complexity index is 898. The number of nitriles is 1. The Hall–Kier alpha value is -3.06. The second-order valence-corrected chi connectivity index (χ2v) is 5.18. The first-order valence-corrected chi connectivity index (χ1v) is 6.97. The second kappa shape index (κ2) is 5.38. The Morgan fingerprint density at radius 1 is 1.14 bits per heavy atom. The van der Waals surface area contributed by atoms with Crippen LogP contribution in [0.3, 0.4) is 0 Å². The fraction of sp³-hybridized carbons (Fsp3) is 0.111. The summed E-state index contributed by atoms with van der Waals surface area (Å²) < 4.78 is 2.02. The molecule has 4 heteroatoms. The number of amides is 1. The molecule has 0 aliphatic rings. The summed E-state index contributed by atoms with van der Waals surface area (Å²) in [6.07, 6.45) is 0. The zero-order valence-electron chi connectivity index (χ0n) is 12.4. The van der Waals surface area contributed by atoms with Crippen LogP contribution >= 0.6 is 0 Å². The molecular weight excluding hydrogens is 274 g/mol. The average molecular weight is 289 g/mol. The van der Waals surface area contributed by atoms with Crippen molar-refractivity contribution in [3.8, 4) is 6.07 Å². The van der Waals surface area contributed by atoms with Crippen LogP contribution in [0, 0.1) is 18.3 Å². The summed E-state index contributed by atoms with van der Waals surface area (Å²) in [5.74, 6) is -0.140. The quantitative estimate of drug-likeness (QED) is 0.783. The van der Waals surface area contributed by atoms with Crippen molar-refractivity contribution in [2.75, 3.05) is 5.32 Å². The Morgan fingerprint density at radius 2 is 1.82 bits per heavy atom. The number of rotatable bonds is 2. The maximum absolute atomic E-state index is 12.6. The van der Waals surface area contributed by atoms with Crippen molar-refractivity contribution >= 4 is 22.5 Å². The number of benzene rings is 2. The number of hydrogen-bond acceptors (Lipinski definition) is 2. The van der Waals surface area contributed by atoms with Crippen molar-refractivity contribution in [2.24, 2.45) is 7.05 Å². The van der Waals surface area contributed by atoms with Crippen LogP contribution in [0.25, 0.3) is 10.9 Å². The number of aryl methyl sites for hydroxylation is 1. The van der Waals surface area contributed by atoms with Crippen molar-refractivity contribution in [1.82, 2.24) is 4.57 Å². The minimum absolute atomic E-state index is 0.140. The zero-order chi connectivity index (χ0) is 15.7. The molecule has 1 aromatic heterocycles. The van der Waals surface area contributed by atoms with E-state index < -0.39 is 0 Å². The number of fused-ring (bicyclic) bond motifs is 1. The van der Waals surface area contributed by atoms with Gasteiger partial charge in [-0.05, 0) is 37.3 Å². The van der Waals surface area contributed by atoms with Gasteiger partial charge >= 0.3 is 0 Å². The van der Waals surface area contributed by atoms with Crippen LogP contribution < -0.4 is 5.32 Å². The van der Waals surface area contributed by atoms with E-state index in [1.807, 2.05) is 42.8 Å². The van der Waals surface area contributed by atoms with Gasteiger partial charge in [0, 0.05) is 29.3 Å². The molecule has 1 N–H and O–H groups in total. The van der Waals surface area contributed by atoms with Gasteiger partial charge in [0.05, 0.1) is 17.2 Å². The van der Waals surface area contributed by atoms with Crippen molar-refractivity contribution in [3.63, 3.8) is 0 Å². The molecule has 22 heavy (non-hydrogen) atoms. The standard InChI is InChI=1S/C18H15N3O/c1-12-17(15-5-3-4-6-16(15)21(12)2)18(22)20-14-9-7-13(11-19)8-10-14/h3-10H,1-2H3,(H,20,22). The van der Waals surface area contributed by atoms with E-state index in [-0.39, 0.29) is 5.91 Å². The lowest BCUT2D eigenvalue weighted by molar-refractivity contribution is 0.102. The lowest BCUT2D eigenvalue weighted by Crippen LogP contribution is -2.13. The van der Waals surface area contributed by atoms with Crippen LogP contribution in [0.15, 0.2) is 48.5 Å². The molecule has 0 saturated heterocycles. The smallest absolute Gasteiger partial charge is 0.258 e. The number of carbonyl (C=O) groups excluding carboxylic acids is 1. The number of nitrogens with zero attached hydrogens (tertiary/aromatic N) is 2. The molecule has 0 atom stereocenters. The van der Waals surface area contributed by atoms with Gasteiger partial charge in [-0.1, -0.05) is 18.2 Å². The summed E-state index contributed by atoms with van der Waals surface area (Å²) in [6.45, 7) is 1.94. The average Bonchev–Trinajstić information content (AvgIpc) is 2.80. The maximum atomic E-state index is 12.6. The van der Waals surface area contributed by atoms with E-state index in [1.165, 1.54) is 0 Å². The van der Waals surface area contributed by atoms with E-state index in [4.69, 9.17) is 5.26 Å². The number of anilines is 1. The predicted molar refractivity (Wildman–Crippen MR) is 86.8 cm³/mol. The van der Waals surface area contributed by atoms with Gasteiger partial charge in [-0.25, -0.2) is 0 Å². The van der Waals surface area contributed by atoms with Crippen molar-refractivity contribution in [2.45, 2.75) is 6.92 Å². The summed E-state index contributed by atoms with van der Waals surface area (Å²) in [7, 11) is 1.95. The molecule has 0 spiro atoms. The second-order valence-electron chi connectivity index (χ2n) is 5.18. The molecule has 0 aliphatic heterocycles. The molecule has 0 radical (unpaired) electrons. The summed E-state index contributed by atoms with van der Waals surface area (Å²) in [5, 5.41) is 12.6. The maximum Gasteiger partial charge on any atom is 0.258 e. The molecule has 0 saturated carbocycles. The summed E-state index contributed by atoms with van der Waals surface area (Å²) in [5.41, 5.74) is 3.88. The van der Waals surface area contributed by atoms with E-state index >= 15 is 0 Å². The molecule has 2 aromatic carbocycles. The fourth-order valence-electron chi connectivity index (χ4n) is 2.63. The monoisotopic (exact) mass is 289 g/mol. The lowest BCUT2D eigenvalue weighted by Gasteiger charge is -2.06. The van der Waals surface area contributed by atoms with Gasteiger partial charge in [-0.15, -0.1) is 0 Å². The largest absolute Gasteiger partial charge is 0.347 e. The molecule has 0 aliphatic carbocycles. The van der Waals surface area contributed by atoms with Crippen LogP contribution in [0.2, 0.25) is 0 Å². The fourth-order valence-corrected chi connectivity index (χ4v) is 2.63. The minimum atomic E-state index is -0.140. The highest BCUT2D eigenvalue weighted by Crippen LogP contribution is 2.25. The topological polar surface area (TPSA) is 57.8 Å². The van der Waals surface area contributed by atoms with Crippen LogP contribution in [0.4, 0.5) is 5.69 Å². The molecule has 0 unspecified atom stereocenters. The number of nitrogens with one attached hydrogen (secondary N) is 1.